The minimum Gasteiger partial charge on any atom is -0.344 e. The highest BCUT2D eigenvalue weighted by atomic mass is 16.2. The summed E-state index contributed by atoms with van der Waals surface area (Å²) in [5.74, 6) is -0.281. The van der Waals surface area contributed by atoms with Crippen LogP contribution in [0.15, 0.2) is 0 Å². The van der Waals surface area contributed by atoms with E-state index in [0.29, 0.717) is 12.8 Å². The number of amides is 2. The number of carbonyl (C=O) groups excluding carboxylic acids is 3. The van der Waals surface area contributed by atoms with Crippen molar-refractivity contribution >= 4 is 17.6 Å². The van der Waals surface area contributed by atoms with Crippen molar-refractivity contribution in [2.45, 2.75) is 52.1 Å². The predicted octanol–water partition coefficient (Wildman–Crippen LogP) is 0.481. The molecule has 1 aliphatic rings. The zero-order valence-electron chi connectivity index (χ0n) is 10.7. The first kappa shape index (κ1) is 13.7. The molecule has 5 nitrogen and oxygen atoms in total. The molecular formula is C12H20N2O3. The highest BCUT2D eigenvalue weighted by Crippen LogP contribution is 2.21. The van der Waals surface area contributed by atoms with Gasteiger partial charge in [-0.2, -0.15) is 0 Å². The highest BCUT2D eigenvalue weighted by molar-refractivity contribution is 5.92. The van der Waals surface area contributed by atoms with Gasteiger partial charge in [-0.3, -0.25) is 14.4 Å². The van der Waals surface area contributed by atoms with Crippen molar-refractivity contribution in [1.29, 1.82) is 0 Å². The quantitative estimate of drug-likeness (QED) is 0.760. The fourth-order valence-corrected chi connectivity index (χ4v) is 2.13. The maximum Gasteiger partial charge on any atom is 0.245 e. The van der Waals surface area contributed by atoms with Crippen LogP contribution >= 0.6 is 0 Å². The third-order valence-corrected chi connectivity index (χ3v) is 3.05. The molecule has 0 aromatic carbocycles. The van der Waals surface area contributed by atoms with Crippen molar-refractivity contribution in [3.63, 3.8) is 0 Å². The van der Waals surface area contributed by atoms with Gasteiger partial charge in [0.15, 0.2) is 0 Å². The second-order valence-corrected chi connectivity index (χ2v) is 4.44. The summed E-state index contributed by atoms with van der Waals surface area (Å²) in [6, 6.07) is -0.389. The third kappa shape index (κ3) is 3.28. The second-order valence-electron chi connectivity index (χ2n) is 4.44. The van der Waals surface area contributed by atoms with E-state index in [-0.39, 0.29) is 30.2 Å². The minimum absolute atomic E-state index is 0.0285. The number of nitrogens with one attached hydrogen (secondary N) is 1. The van der Waals surface area contributed by atoms with Gasteiger partial charge in [-0.1, -0.05) is 13.8 Å². The number of carbonyl (C=O) groups is 3. The summed E-state index contributed by atoms with van der Waals surface area (Å²) in [5.41, 5.74) is 0. The van der Waals surface area contributed by atoms with Gasteiger partial charge in [0.05, 0.1) is 6.54 Å². The molecule has 96 valence electrons. The number of likely N-dealkylation sites (tertiary alicyclic amines) is 1. The molecule has 0 aromatic rings. The summed E-state index contributed by atoms with van der Waals surface area (Å²) in [6.07, 6.45) is 1.78. The maximum absolute atomic E-state index is 12.0. The molecule has 0 aliphatic carbocycles. The Morgan fingerprint density at radius 3 is 2.53 bits per heavy atom. The summed E-state index contributed by atoms with van der Waals surface area (Å²) in [7, 11) is 0. The molecule has 0 spiro atoms. The monoisotopic (exact) mass is 240 g/mol. The van der Waals surface area contributed by atoms with Gasteiger partial charge < -0.3 is 10.2 Å². The fourth-order valence-electron chi connectivity index (χ4n) is 2.13. The number of ketones is 1. The lowest BCUT2D eigenvalue weighted by Gasteiger charge is -2.21. The Morgan fingerprint density at radius 1 is 1.41 bits per heavy atom. The van der Waals surface area contributed by atoms with E-state index in [0.717, 1.165) is 6.42 Å². The van der Waals surface area contributed by atoms with Gasteiger partial charge in [0.1, 0.15) is 11.8 Å². The summed E-state index contributed by atoms with van der Waals surface area (Å²) >= 11 is 0. The van der Waals surface area contributed by atoms with Gasteiger partial charge in [-0.15, -0.1) is 0 Å². The van der Waals surface area contributed by atoms with E-state index >= 15 is 0 Å². The molecular weight excluding hydrogens is 220 g/mol. The molecule has 0 radical (unpaired) electrons. The molecule has 0 bridgehead atoms. The van der Waals surface area contributed by atoms with Gasteiger partial charge in [-0.05, 0) is 19.8 Å². The highest BCUT2D eigenvalue weighted by Gasteiger charge is 2.39. The van der Waals surface area contributed by atoms with E-state index in [2.05, 4.69) is 5.32 Å². The van der Waals surface area contributed by atoms with Gasteiger partial charge in [0.2, 0.25) is 11.8 Å². The Hall–Kier alpha value is -1.39. The first-order valence-electron chi connectivity index (χ1n) is 6.08. The average molecular weight is 240 g/mol. The van der Waals surface area contributed by atoms with Crippen molar-refractivity contribution in [3.05, 3.63) is 0 Å². The summed E-state index contributed by atoms with van der Waals surface area (Å²) in [6.45, 7) is 5.35. The molecule has 1 heterocycles. The van der Waals surface area contributed by atoms with Crippen LogP contribution < -0.4 is 5.32 Å². The van der Waals surface area contributed by atoms with Crippen LogP contribution in [0.5, 0.6) is 0 Å². The van der Waals surface area contributed by atoms with Crippen molar-refractivity contribution < 1.29 is 14.4 Å². The third-order valence-electron chi connectivity index (χ3n) is 3.05. The molecule has 1 N–H and O–H groups in total. The Kier molecular flexibility index (Phi) is 4.66. The molecule has 0 aromatic heterocycles. The number of nitrogens with zero attached hydrogens (tertiary/aromatic N) is 1. The van der Waals surface area contributed by atoms with Crippen LogP contribution in [0.1, 0.15) is 40.0 Å². The minimum atomic E-state index is -0.452. The normalized spacial score (nSPS) is 23.9. The Bertz CT molecular complexity index is 328. The fraction of sp³-hybridized carbons (Fsp3) is 0.750. The van der Waals surface area contributed by atoms with Crippen LogP contribution in [0.4, 0.5) is 0 Å². The first-order chi connectivity index (χ1) is 7.99. The second kappa shape index (κ2) is 5.80. The van der Waals surface area contributed by atoms with Crippen LogP contribution in [0.25, 0.3) is 0 Å². The lowest BCUT2D eigenvalue weighted by Crippen LogP contribution is -2.43. The summed E-state index contributed by atoms with van der Waals surface area (Å²) in [5, 5.41) is 2.70. The molecule has 1 fully saturated rings. The SMILES string of the molecule is CCC(=O)NC1CC(CC)N(CC(C)=O)C1=O. The zero-order valence-corrected chi connectivity index (χ0v) is 10.7. The van der Waals surface area contributed by atoms with Gasteiger partial charge in [0, 0.05) is 12.5 Å². The van der Waals surface area contributed by atoms with Crippen molar-refractivity contribution in [2.75, 3.05) is 6.54 Å². The molecule has 2 atom stereocenters. The van der Waals surface area contributed by atoms with Gasteiger partial charge in [-0.25, -0.2) is 0 Å². The van der Waals surface area contributed by atoms with E-state index in [1.54, 1.807) is 11.8 Å². The number of Topliss-reactive ketones (excluding diaryl/α,β-unsaturated/α-hetero) is 1. The number of hydrogen-bond acceptors (Lipinski definition) is 3. The van der Waals surface area contributed by atoms with Crippen molar-refractivity contribution in [2.24, 2.45) is 0 Å². The van der Waals surface area contributed by atoms with E-state index < -0.39 is 6.04 Å². The van der Waals surface area contributed by atoms with Crippen LogP contribution in [-0.2, 0) is 14.4 Å². The standard InChI is InChI=1S/C12H20N2O3/c1-4-9-6-10(13-11(16)5-2)12(17)14(9)7-8(3)15/h9-10H,4-7H2,1-3H3,(H,13,16). The Labute approximate surface area is 102 Å². The van der Waals surface area contributed by atoms with Gasteiger partial charge >= 0.3 is 0 Å². The van der Waals surface area contributed by atoms with E-state index in [1.165, 1.54) is 6.92 Å². The first-order valence-corrected chi connectivity index (χ1v) is 6.08. The Morgan fingerprint density at radius 2 is 2.06 bits per heavy atom. The molecule has 17 heavy (non-hydrogen) atoms. The molecule has 1 aliphatic heterocycles. The lowest BCUT2D eigenvalue weighted by atomic mass is 10.1. The topological polar surface area (TPSA) is 66.5 Å². The molecule has 0 saturated carbocycles. The van der Waals surface area contributed by atoms with E-state index in [9.17, 15) is 14.4 Å². The molecule has 5 heteroatoms. The largest absolute Gasteiger partial charge is 0.344 e. The van der Waals surface area contributed by atoms with Crippen LogP contribution in [0, 0.1) is 0 Å². The number of rotatable bonds is 5. The van der Waals surface area contributed by atoms with E-state index in [1.807, 2.05) is 6.92 Å². The summed E-state index contributed by atoms with van der Waals surface area (Å²) < 4.78 is 0. The molecule has 1 rings (SSSR count). The molecule has 1 saturated heterocycles. The predicted molar refractivity (Wildman–Crippen MR) is 63.3 cm³/mol. The molecule has 2 unspecified atom stereocenters. The lowest BCUT2D eigenvalue weighted by molar-refractivity contribution is -0.135. The maximum atomic E-state index is 12.0. The van der Waals surface area contributed by atoms with Crippen LogP contribution in [0.2, 0.25) is 0 Å². The van der Waals surface area contributed by atoms with Crippen LogP contribution in [0.3, 0.4) is 0 Å². The van der Waals surface area contributed by atoms with Crippen LogP contribution in [-0.4, -0.2) is 41.1 Å². The smallest absolute Gasteiger partial charge is 0.245 e. The van der Waals surface area contributed by atoms with Gasteiger partial charge in [0.25, 0.3) is 0 Å². The van der Waals surface area contributed by atoms with Crippen molar-refractivity contribution in [3.8, 4) is 0 Å². The summed E-state index contributed by atoms with van der Waals surface area (Å²) in [4.78, 5) is 36.0. The Balaban J connectivity index is 2.70. The molecule has 2 amide bonds. The average Bonchev–Trinajstić information content (AvgIpc) is 2.56. The van der Waals surface area contributed by atoms with E-state index in [4.69, 9.17) is 0 Å². The van der Waals surface area contributed by atoms with Crippen molar-refractivity contribution in [1.82, 2.24) is 10.2 Å². The number of hydrogen-bond donors (Lipinski definition) is 1. The zero-order chi connectivity index (χ0) is 13.0.